The summed E-state index contributed by atoms with van der Waals surface area (Å²) in [5.41, 5.74) is 2.14. The van der Waals surface area contributed by atoms with E-state index in [1.54, 1.807) is 24.4 Å². The third-order valence-corrected chi connectivity index (χ3v) is 5.92. The molecule has 0 radical (unpaired) electrons. The maximum atomic E-state index is 14.2. The van der Waals surface area contributed by atoms with Gasteiger partial charge in [0.2, 0.25) is 5.91 Å². The Labute approximate surface area is 182 Å². The van der Waals surface area contributed by atoms with Gasteiger partial charge in [-0.25, -0.2) is 18.2 Å². The maximum Gasteiger partial charge on any atom is 0.239 e. The molecule has 2 heterocycles. The van der Waals surface area contributed by atoms with Gasteiger partial charge in [0, 0.05) is 29.6 Å². The number of fused-ring (bicyclic) bond motifs is 3. The van der Waals surface area contributed by atoms with Gasteiger partial charge in [-0.15, -0.1) is 0 Å². The second kappa shape index (κ2) is 8.18. The number of hydrogen-bond acceptors (Lipinski definition) is 4. The van der Waals surface area contributed by atoms with Crippen LogP contribution in [0.15, 0.2) is 54.7 Å². The fraction of sp³-hybridized carbons (Fsp3) is 0.250. The van der Waals surface area contributed by atoms with Crippen LogP contribution in [0, 0.1) is 23.4 Å². The molecule has 1 fully saturated rings. The summed E-state index contributed by atoms with van der Waals surface area (Å²) in [7, 11) is 0. The molecule has 2 aromatic carbocycles. The van der Waals surface area contributed by atoms with Crippen LogP contribution in [0.2, 0.25) is 0 Å². The summed E-state index contributed by atoms with van der Waals surface area (Å²) in [4.78, 5) is 16.7. The number of hydrogen-bond donors (Lipinski definition) is 2. The van der Waals surface area contributed by atoms with Crippen LogP contribution in [-0.2, 0) is 11.2 Å². The molecule has 5 rings (SSSR count). The van der Waals surface area contributed by atoms with Crippen molar-refractivity contribution in [1.82, 2.24) is 10.3 Å². The predicted molar refractivity (Wildman–Crippen MR) is 112 cm³/mol. The summed E-state index contributed by atoms with van der Waals surface area (Å²) >= 11 is 0. The molecule has 0 saturated heterocycles. The molecule has 1 aliphatic heterocycles. The van der Waals surface area contributed by atoms with Gasteiger partial charge in [-0.05, 0) is 47.9 Å². The molecule has 1 aromatic heterocycles. The lowest BCUT2D eigenvalue weighted by Crippen LogP contribution is -2.33. The van der Waals surface area contributed by atoms with Gasteiger partial charge in [-0.3, -0.25) is 4.79 Å². The molecule has 1 amide bonds. The van der Waals surface area contributed by atoms with Gasteiger partial charge in [0.1, 0.15) is 17.5 Å². The number of nitrogens with zero attached hydrogens (tertiary/aromatic N) is 1. The first kappa shape index (κ1) is 20.4. The number of ether oxygens (including phenoxy) is 1. The smallest absolute Gasteiger partial charge is 0.239 e. The van der Waals surface area contributed by atoms with Gasteiger partial charge < -0.3 is 15.4 Å². The van der Waals surface area contributed by atoms with E-state index in [1.165, 1.54) is 12.1 Å². The number of halogens is 3. The van der Waals surface area contributed by atoms with E-state index >= 15 is 0 Å². The van der Waals surface area contributed by atoms with Crippen molar-refractivity contribution in [3.05, 3.63) is 88.9 Å². The summed E-state index contributed by atoms with van der Waals surface area (Å²) in [6.45, 7) is 0.243. The number of carbonyl (C=O) groups is 1. The van der Waals surface area contributed by atoms with Crippen molar-refractivity contribution in [2.24, 2.45) is 5.92 Å². The predicted octanol–water partition coefficient (Wildman–Crippen LogP) is 3.79. The highest BCUT2D eigenvalue weighted by molar-refractivity contribution is 5.81. The van der Waals surface area contributed by atoms with E-state index in [0.717, 1.165) is 23.3 Å². The molecule has 3 atom stereocenters. The maximum absolute atomic E-state index is 14.2. The molecule has 0 bridgehead atoms. The van der Waals surface area contributed by atoms with Gasteiger partial charge >= 0.3 is 0 Å². The summed E-state index contributed by atoms with van der Waals surface area (Å²) in [6.07, 6.45) is 2.32. The van der Waals surface area contributed by atoms with Crippen molar-refractivity contribution in [2.75, 3.05) is 18.5 Å². The van der Waals surface area contributed by atoms with Gasteiger partial charge in [0.05, 0.1) is 13.2 Å². The van der Waals surface area contributed by atoms with Crippen LogP contribution in [0.4, 0.5) is 19.0 Å². The highest BCUT2D eigenvalue weighted by Gasteiger charge is 2.57. The minimum atomic E-state index is -0.590. The second-order valence-electron chi connectivity index (χ2n) is 8.07. The van der Waals surface area contributed by atoms with Crippen LogP contribution in [0.3, 0.4) is 0 Å². The standard InChI is InChI=1S/C24H20F3N3O2/c25-15-4-1-13(2-5-15)9-14-3-8-19(28-10-14)29-11-20(31)30-23-16-12-32-24-18(27)7-6-17(26)22(24)21(16)23/h1-8,10,16,21,23H,9,11-12H2,(H,28,29)(H,30,31)/t16-,21-,23-/m1/s1. The molecule has 32 heavy (non-hydrogen) atoms. The van der Waals surface area contributed by atoms with Crippen molar-refractivity contribution >= 4 is 11.7 Å². The molecule has 1 saturated carbocycles. The zero-order chi connectivity index (χ0) is 22.2. The number of amides is 1. The van der Waals surface area contributed by atoms with E-state index in [9.17, 15) is 18.0 Å². The van der Waals surface area contributed by atoms with Crippen molar-refractivity contribution in [3.63, 3.8) is 0 Å². The third kappa shape index (κ3) is 4.00. The number of rotatable bonds is 6. The van der Waals surface area contributed by atoms with Crippen molar-refractivity contribution in [3.8, 4) is 5.75 Å². The van der Waals surface area contributed by atoms with Crippen LogP contribution in [-0.4, -0.2) is 30.1 Å². The molecule has 0 spiro atoms. The number of benzene rings is 2. The Morgan fingerprint density at radius 1 is 1.00 bits per heavy atom. The van der Waals surface area contributed by atoms with Crippen molar-refractivity contribution in [1.29, 1.82) is 0 Å². The molecule has 2 N–H and O–H groups in total. The number of pyridine rings is 1. The molecular weight excluding hydrogens is 419 g/mol. The van der Waals surface area contributed by atoms with E-state index in [1.807, 2.05) is 6.07 Å². The van der Waals surface area contributed by atoms with E-state index in [0.29, 0.717) is 12.2 Å². The van der Waals surface area contributed by atoms with Gasteiger partial charge in [-0.2, -0.15) is 0 Å². The largest absolute Gasteiger partial charge is 0.490 e. The van der Waals surface area contributed by atoms with E-state index in [-0.39, 0.29) is 54.1 Å². The molecule has 2 aliphatic rings. The van der Waals surface area contributed by atoms with Crippen LogP contribution >= 0.6 is 0 Å². The lowest BCUT2D eigenvalue weighted by Gasteiger charge is -2.16. The SMILES string of the molecule is O=C(CNc1ccc(Cc2ccc(F)cc2)cn1)N[C@@H]1[C@@H]2COc3c(F)ccc(F)c3[C@@H]21. The average molecular weight is 439 g/mol. The lowest BCUT2D eigenvalue weighted by atomic mass is 10.0. The average Bonchev–Trinajstić information content (AvgIpc) is 3.49. The minimum absolute atomic E-state index is 0.000401. The Balaban J connectivity index is 1.14. The quantitative estimate of drug-likeness (QED) is 0.614. The molecule has 8 heteroatoms. The Kier molecular flexibility index (Phi) is 5.20. The number of anilines is 1. The zero-order valence-corrected chi connectivity index (χ0v) is 16.9. The molecule has 5 nitrogen and oxygen atoms in total. The van der Waals surface area contributed by atoms with E-state index < -0.39 is 11.6 Å². The molecule has 1 aliphatic carbocycles. The zero-order valence-electron chi connectivity index (χ0n) is 16.9. The van der Waals surface area contributed by atoms with Crippen molar-refractivity contribution < 1.29 is 22.7 Å². The first-order valence-corrected chi connectivity index (χ1v) is 10.3. The third-order valence-electron chi connectivity index (χ3n) is 5.92. The molecule has 0 unspecified atom stereocenters. The fourth-order valence-electron chi connectivity index (χ4n) is 4.24. The van der Waals surface area contributed by atoms with Crippen LogP contribution in [0.5, 0.6) is 5.75 Å². The first-order chi connectivity index (χ1) is 15.5. The van der Waals surface area contributed by atoms with E-state index in [2.05, 4.69) is 15.6 Å². The topological polar surface area (TPSA) is 63.2 Å². The van der Waals surface area contributed by atoms with Crippen LogP contribution < -0.4 is 15.4 Å². The second-order valence-corrected chi connectivity index (χ2v) is 8.07. The first-order valence-electron chi connectivity index (χ1n) is 10.3. The van der Waals surface area contributed by atoms with Gasteiger partial charge in [-0.1, -0.05) is 18.2 Å². The molecule has 164 valence electrons. The van der Waals surface area contributed by atoms with Crippen LogP contribution in [0.1, 0.15) is 22.6 Å². The number of nitrogens with one attached hydrogen (secondary N) is 2. The Bertz CT molecular complexity index is 1150. The summed E-state index contributed by atoms with van der Waals surface area (Å²) < 4.78 is 46.5. The van der Waals surface area contributed by atoms with E-state index in [4.69, 9.17) is 4.74 Å². The summed E-state index contributed by atoms with van der Waals surface area (Å²) in [5.74, 6) is -1.49. The minimum Gasteiger partial charge on any atom is -0.490 e. The number of aromatic nitrogens is 1. The lowest BCUT2D eigenvalue weighted by molar-refractivity contribution is -0.119. The van der Waals surface area contributed by atoms with Crippen LogP contribution in [0.25, 0.3) is 0 Å². The van der Waals surface area contributed by atoms with Crippen molar-refractivity contribution in [2.45, 2.75) is 18.4 Å². The summed E-state index contributed by atoms with van der Waals surface area (Å²) in [5, 5.41) is 5.83. The Morgan fingerprint density at radius 3 is 2.50 bits per heavy atom. The number of carbonyl (C=O) groups excluding carboxylic acids is 1. The van der Waals surface area contributed by atoms with Gasteiger partial charge in [0.25, 0.3) is 0 Å². The monoisotopic (exact) mass is 439 g/mol. The Hall–Kier alpha value is -3.55. The fourth-order valence-corrected chi connectivity index (χ4v) is 4.24. The highest BCUT2D eigenvalue weighted by atomic mass is 19.1. The normalized spacial score (nSPS) is 20.5. The van der Waals surface area contributed by atoms with Gasteiger partial charge in [0.15, 0.2) is 11.6 Å². The highest BCUT2D eigenvalue weighted by Crippen LogP contribution is 2.55. The summed E-state index contributed by atoms with van der Waals surface area (Å²) in [6, 6.07) is 11.8. The molecule has 3 aromatic rings. The Morgan fingerprint density at radius 2 is 1.75 bits per heavy atom. The molecular formula is C24H20F3N3O2.